The van der Waals surface area contributed by atoms with Crippen molar-refractivity contribution in [2.45, 2.75) is 44.4 Å². The molecular formula is C10H16O4. The normalized spacial score (nSPS) is 56.1. The van der Waals surface area contributed by atoms with E-state index in [-0.39, 0.29) is 12.4 Å². The van der Waals surface area contributed by atoms with Crippen LogP contribution in [0.2, 0.25) is 0 Å². The number of ether oxygens (including phenoxy) is 2. The minimum absolute atomic E-state index is 0.0255. The summed E-state index contributed by atoms with van der Waals surface area (Å²) in [6.07, 6.45) is 3.19. The van der Waals surface area contributed by atoms with Gasteiger partial charge in [0.05, 0.1) is 0 Å². The Morgan fingerprint density at radius 3 is 2.93 bits per heavy atom. The molecule has 0 aromatic carbocycles. The summed E-state index contributed by atoms with van der Waals surface area (Å²) in [5, 5.41) is 0. The average Bonchev–Trinajstić information content (AvgIpc) is 2.76. The van der Waals surface area contributed by atoms with E-state index in [0.717, 1.165) is 6.42 Å². The van der Waals surface area contributed by atoms with Crippen molar-refractivity contribution in [1.82, 2.24) is 0 Å². The largest absolute Gasteiger partial charge is 0.350 e. The number of fused-ring (bicyclic) bond motifs is 5. The van der Waals surface area contributed by atoms with Crippen LogP contribution in [0.25, 0.3) is 0 Å². The van der Waals surface area contributed by atoms with Crippen LogP contribution in [0.1, 0.15) is 26.2 Å². The van der Waals surface area contributed by atoms with Crippen molar-refractivity contribution in [2.75, 3.05) is 7.11 Å². The van der Waals surface area contributed by atoms with E-state index in [1.54, 1.807) is 7.11 Å². The first-order chi connectivity index (χ1) is 6.76. The SMILES string of the molecule is COC12OC(C)OOC1C1CCC2C1. The Kier molecular flexibility index (Phi) is 1.89. The van der Waals surface area contributed by atoms with E-state index in [2.05, 4.69) is 0 Å². The molecule has 4 nitrogen and oxygen atoms in total. The molecule has 2 bridgehead atoms. The van der Waals surface area contributed by atoms with Crippen LogP contribution >= 0.6 is 0 Å². The second kappa shape index (κ2) is 2.92. The third-order valence-electron chi connectivity index (χ3n) is 3.83. The van der Waals surface area contributed by atoms with Gasteiger partial charge in [-0.3, -0.25) is 0 Å². The molecule has 0 aromatic heterocycles. The van der Waals surface area contributed by atoms with E-state index in [1.807, 2.05) is 6.92 Å². The monoisotopic (exact) mass is 200 g/mol. The van der Waals surface area contributed by atoms with Crippen LogP contribution in [0.3, 0.4) is 0 Å². The lowest BCUT2D eigenvalue weighted by Crippen LogP contribution is -2.57. The van der Waals surface area contributed by atoms with Crippen LogP contribution in [-0.2, 0) is 19.2 Å². The van der Waals surface area contributed by atoms with Crippen LogP contribution in [0.15, 0.2) is 0 Å². The minimum atomic E-state index is -0.527. The van der Waals surface area contributed by atoms with Crippen LogP contribution in [-0.4, -0.2) is 25.3 Å². The zero-order valence-electron chi connectivity index (χ0n) is 8.56. The van der Waals surface area contributed by atoms with Gasteiger partial charge in [0.2, 0.25) is 5.79 Å². The molecule has 1 heterocycles. The first-order valence-corrected chi connectivity index (χ1v) is 5.31. The average molecular weight is 200 g/mol. The maximum Gasteiger partial charge on any atom is 0.203 e. The fourth-order valence-corrected chi connectivity index (χ4v) is 3.27. The molecule has 80 valence electrons. The van der Waals surface area contributed by atoms with Crippen molar-refractivity contribution in [3.63, 3.8) is 0 Å². The predicted octanol–water partition coefficient (Wildman–Crippen LogP) is 1.45. The molecule has 3 rings (SSSR count). The molecule has 0 amide bonds. The molecule has 2 saturated carbocycles. The van der Waals surface area contributed by atoms with Gasteiger partial charge in [0.1, 0.15) is 6.10 Å². The first kappa shape index (κ1) is 9.09. The highest BCUT2D eigenvalue weighted by atomic mass is 17.2. The van der Waals surface area contributed by atoms with Crippen molar-refractivity contribution in [3.05, 3.63) is 0 Å². The predicted molar refractivity (Wildman–Crippen MR) is 47.1 cm³/mol. The molecule has 3 aliphatic rings. The molecule has 1 aliphatic heterocycles. The number of methoxy groups -OCH3 is 1. The Morgan fingerprint density at radius 1 is 1.29 bits per heavy atom. The molecule has 2 aliphatic carbocycles. The zero-order chi connectivity index (χ0) is 9.76. The second-order valence-corrected chi connectivity index (χ2v) is 4.49. The lowest BCUT2D eigenvalue weighted by molar-refractivity contribution is -0.517. The van der Waals surface area contributed by atoms with E-state index in [0.29, 0.717) is 11.8 Å². The van der Waals surface area contributed by atoms with Crippen molar-refractivity contribution in [3.8, 4) is 0 Å². The molecular weight excluding hydrogens is 184 g/mol. The molecule has 0 aromatic rings. The van der Waals surface area contributed by atoms with Gasteiger partial charge < -0.3 is 9.47 Å². The van der Waals surface area contributed by atoms with Crippen molar-refractivity contribution in [1.29, 1.82) is 0 Å². The van der Waals surface area contributed by atoms with Crippen LogP contribution in [0, 0.1) is 11.8 Å². The fourth-order valence-electron chi connectivity index (χ4n) is 3.27. The van der Waals surface area contributed by atoms with E-state index in [4.69, 9.17) is 19.2 Å². The van der Waals surface area contributed by atoms with Gasteiger partial charge in [0.15, 0.2) is 6.29 Å². The topological polar surface area (TPSA) is 36.9 Å². The standard InChI is InChI=1S/C10H16O4/c1-6-12-10(11-2)8-4-3-7(5-8)9(10)14-13-6/h6-9H,3-5H2,1-2H3. The minimum Gasteiger partial charge on any atom is -0.350 e. The van der Waals surface area contributed by atoms with Crippen LogP contribution in [0.4, 0.5) is 0 Å². The first-order valence-electron chi connectivity index (χ1n) is 5.31. The number of hydrogen-bond acceptors (Lipinski definition) is 4. The number of rotatable bonds is 1. The van der Waals surface area contributed by atoms with Gasteiger partial charge in [-0.05, 0) is 32.1 Å². The fraction of sp³-hybridized carbons (Fsp3) is 1.00. The smallest absolute Gasteiger partial charge is 0.203 e. The molecule has 1 saturated heterocycles. The van der Waals surface area contributed by atoms with Crippen molar-refractivity contribution in [2.24, 2.45) is 11.8 Å². The Bertz CT molecular complexity index is 244. The number of hydrogen-bond donors (Lipinski definition) is 0. The summed E-state index contributed by atoms with van der Waals surface area (Å²) < 4.78 is 11.4. The Hall–Kier alpha value is -0.160. The lowest BCUT2D eigenvalue weighted by atomic mass is 9.91. The molecule has 3 fully saturated rings. The van der Waals surface area contributed by atoms with E-state index < -0.39 is 5.79 Å². The van der Waals surface area contributed by atoms with Gasteiger partial charge in [0, 0.05) is 13.0 Å². The van der Waals surface area contributed by atoms with E-state index in [1.165, 1.54) is 12.8 Å². The quantitative estimate of drug-likeness (QED) is 0.600. The van der Waals surface area contributed by atoms with Gasteiger partial charge in [-0.2, -0.15) is 0 Å². The molecule has 5 atom stereocenters. The van der Waals surface area contributed by atoms with Gasteiger partial charge in [-0.25, -0.2) is 9.78 Å². The molecule has 0 N–H and O–H groups in total. The van der Waals surface area contributed by atoms with E-state index in [9.17, 15) is 0 Å². The lowest BCUT2D eigenvalue weighted by Gasteiger charge is -2.45. The molecule has 14 heavy (non-hydrogen) atoms. The van der Waals surface area contributed by atoms with Crippen molar-refractivity contribution >= 4 is 0 Å². The molecule has 0 spiro atoms. The summed E-state index contributed by atoms with van der Waals surface area (Å²) in [5.41, 5.74) is 0. The van der Waals surface area contributed by atoms with Crippen LogP contribution < -0.4 is 0 Å². The maximum absolute atomic E-state index is 5.81. The highest BCUT2D eigenvalue weighted by Crippen LogP contribution is 2.56. The summed E-state index contributed by atoms with van der Waals surface area (Å²) in [6, 6.07) is 0. The second-order valence-electron chi connectivity index (χ2n) is 4.49. The van der Waals surface area contributed by atoms with E-state index >= 15 is 0 Å². The Labute approximate surface area is 83.4 Å². The van der Waals surface area contributed by atoms with Crippen LogP contribution in [0.5, 0.6) is 0 Å². The summed E-state index contributed by atoms with van der Waals surface area (Å²) in [7, 11) is 1.70. The third-order valence-corrected chi connectivity index (χ3v) is 3.83. The van der Waals surface area contributed by atoms with Gasteiger partial charge in [-0.1, -0.05) is 0 Å². The third kappa shape index (κ3) is 0.972. The summed E-state index contributed by atoms with van der Waals surface area (Å²) in [4.78, 5) is 10.5. The molecule has 4 heteroatoms. The summed E-state index contributed by atoms with van der Waals surface area (Å²) in [6.45, 7) is 1.84. The van der Waals surface area contributed by atoms with Crippen molar-refractivity contribution < 1.29 is 19.2 Å². The summed E-state index contributed by atoms with van der Waals surface area (Å²) >= 11 is 0. The Morgan fingerprint density at radius 2 is 2.14 bits per heavy atom. The van der Waals surface area contributed by atoms with Gasteiger partial charge in [0.25, 0.3) is 0 Å². The highest BCUT2D eigenvalue weighted by molar-refractivity contribution is 5.05. The zero-order valence-corrected chi connectivity index (χ0v) is 8.56. The van der Waals surface area contributed by atoms with Gasteiger partial charge >= 0.3 is 0 Å². The maximum atomic E-state index is 5.81. The Balaban J connectivity index is 1.92. The van der Waals surface area contributed by atoms with Gasteiger partial charge in [-0.15, -0.1) is 0 Å². The highest BCUT2D eigenvalue weighted by Gasteiger charge is 2.64. The molecule has 5 unspecified atom stereocenters. The summed E-state index contributed by atoms with van der Waals surface area (Å²) in [5.74, 6) is 0.502. The molecule has 0 radical (unpaired) electrons.